The van der Waals surface area contributed by atoms with Crippen LogP contribution >= 0.6 is 0 Å². The van der Waals surface area contributed by atoms with Gasteiger partial charge in [-0.25, -0.2) is 0 Å². The zero-order valence-corrected chi connectivity index (χ0v) is 10.4. The molecule has 0 saturated heterocycles. The normalized spacial score (nSPS) is 10.8. The number of nitrogens with one attached hydrogen (secondary N) is 3. The molecule has 1 aromatic carbocycles. The second-order valence-corrected chi connectivity index (χ2v) is 3.83. The summed E-state index contributed by atoms with van der Waals surface area (Å²) in [5, 5.41) is 23.1. The molecule has 0 radical (unpaired) electrons. The van der Waals surface area contributed by atoms with Crippen LogP contribution in [0, 0.1) is 16.7 Å². The van der Waals surface area contributed by atoms with Crippen molar-refractivity contribution < 1.29 is 0 Å². The van der Waals surface area contributed by atoms with E-state index < -0.39 is 0 Å². The van der Waals surface area contributed by atoms with Crippen LogP contribution in [0.4, 0.5) is 5.69 Å². The number of aromatic nitrogens is 1. The van der Waals surface area contributed by atoms with Crippen molar-refractivity contribution in [2.75, 3.05) is 12.4 Å². The van der Waals surface area contributed by atoms with Crippen molar-refractivity contribution in [1.82, 2.24) is 10.3 Å². The topological polar surface area (TPSA) is 84.6 Å². The monoisotopic (exact) mass is 251 g/mol. The fourth-order valence-electron chi connectivity index (χ4n) is 1.70. The van der Waals surface area contributed by atoms with Gasteiger partial charge in [0.2, 0.25) is 0 Å². The lowest BCUT2D eigenvalue weighted by Gasteiger charge is -2.12. The van der Waals surface area contributed by atoms with E-state index in [1.807, 2.05) is 30.3 Å². The van der Waals surface area contributed by atoms with Crippen LogP contribution in [-0.4, -0.2) is 17.7 Å². The number of pyridine rings is 1. The number of allylic oxidation sites excluding steroid dienone is 1. The Morgan fingerprint density at radius 3 is 2.95 bits per heavy atom. The van der Waals surface area contributed by atoms with Crippen molar-refractivity contribution in [2.24, 2.45) is 0 Å². The third-order valence-electron chi connectivity index (χ3n) is 2.59. The second-order valence-electron chi connectivity index (χ2n) is 3.83. The van der Waals surface area contributed by atoms with Gasteiger partial charge in [-0.3, -0.25) is 10.4 Å². The third kappa shape index (κ3) is 2.87. The Labute approximate surface area is 111 Å². The van der Waals surface area contributed by atoms with Gasteiger partial charge in [0.05, 0.1) is 5.52 Å². The molecule has 5 heteroatoms. The highest BCUT2D eigenvalue weighted by molar-refractivity contribution is 6.05. The van der Waals surface area contributed by atoms with Gasteiger partial charge in [0, 0.05) is 30.4 Å². The van der Waals surface area contributed by atoms with Crippen molar-refractivity contribution in [2.45, 2.75) is 0 Å². The maximum Gasteiger partial charge on any atom is 0.135 e. The summed E-state index contributed by atoms with van der Waals surface area (Å²) in [6.45, 7) is 0. The first kappa shape index (κ1) is 12.6. The predicted octanol–water partition coefficient (Wildman–Crippen LogP) is 2.25. The molecule has 94 valence electrons. The summed E-state index contributed by atoms with van der Waals surface area (Å²) in [5.74, 6) is 0.586. The van der Waals surface area contributed by atoms with Crippen LogP contribution in [-0.2, 0) is 0 Å². The molecule has 0 saturated carbocycles. The summed E-state index contributed by atoms with van der Waals surface area (Å²) in [5.41, 5.74) is 1.64. The lowest BCUT2D eigenvalue weighted by molar-refractivity contribution is 1.00. The van der Waals surface area contributed by atoms with Crippen LogP contribution < -0.4 is 10.6 Å². The molecule has 5 nitrogen and oxygen atoms in total. The molecule has 0 bridgehead atoms. The quantitative estimate of drug-likeness (QED) is 0.727. The average molecular weight is 251 g/mol. The Balaban J connectivity index is 2.38. The maximum absolute atomic E-state index is 8.63. The van der Waals surface area contributed by atoms with Crippen molar-refractivity contribution in [3.05, 3.63) is 48.4 Å². The van der Waals surface area contributed by atoms with Gasteiger partial charge in [-0.05, 0) is 24.3 Å². The smallest absolute Gasteiger partial charge is 0.135 e. The van der Waals surface area contributed by atoms with E-state index >= 15 is 0 Å². The molecule has 0 aliphatic rings. The molecule has 3 N–H and O–H groups in total. The zero-order chi connectivity index (χ0) is 13.7. The van der Waals surface area contributed by atoms with Gasteiger partial charge in [-0.2, -0.15) is 5.26 Å². The van der Waals surface area contributed by atoms with Crippen molar-refractivity contribution >= 4 is 22.3 Å². The summed E-state index contributed by atoms with van der Waals surface area (Å²) in [7, 11) is 1.73. The van der Waals surface area contributed by atoms with Gasteiger partial charge in [0.15, 0.2) is 0 Å². The average Bonchev–Trinajstić information content (AvgIpc) is 2.46. The van der Waals surface area contributed by atoms with E-state index in [4.69, 9.17) is 10.7 Å². The number of benzene rings is 1. The van der Waals surface area contributed by atoms with Crippen LogP contribution in [0.1, 0.15) is 0 Å². The van der Waals surface area contributed by atoms with E-state index in [-0.39, 0.29) is 5.71 Å². The first-order chi connectivity index (χ1) is 9.24. The highest BCUT2D eigenvalue weighted by Gasteiger charge is 2.03. The molecule has 0 aliphatic carbocycles. The molecule has 0 aliphatic heterocycles. The molecular weight excluding hydrogens is 238 g/mol. The molecule has 0 spiro atoms. The van der Waals surface area contributed by atoms with Crippen LogP contribution in [0.5, 0.6) is 0 Å². The summed E-state index contributed by atoms with van der Waals surface area (Å²) in [6, 6.07) is 11.4. The summed E-state index contributed by atoms with van der Waals surface area (Å²) < 4.78 is 0. The molecule has 2 rings (SSSR count). The van der Waals surface area contributed by atoms with E-state index in [2.05, 4.69) is 15.6 Å². The van der Waals surface area contributed by atoms with Gasteiger partial charge in [0.1, 0.15) is 17.6 Å². The number of nitriles is 1. The number of fused-ring (bicyclic) bond motifs is 1. The van der Waals surface area contributed by atoms with Gasteiger partial charge in [-0.15, -0.1) is 0 Å². The Bertz CT molecular complexity index is 676. The van der Waals surface area contributed by atoms with Gasteiger partial charge in [0.25, 0.3) is 0 Å². The lowest BCUT2D eigenvalue weighted by atomic mass is 10.2. The number of hydrogen-bond donors (Lipinski definition) is 3. The van der Waals surface area contributed by atoms with E-state index in [9.17, 15) is 0 Å². The first-order valence-electron chi connectivity index (χ1n) is 5.73. The molecule has 0 fully saturated rings. The van der Waals surface area contributed by atoms with Gasteiger partial charge >= 0.3 is 0 Å². The number of rotatable bonds is 4. The van der Waals surface area contributed by atoms with Crippen LogP contribution in [0.2, 0.25) is 0 Å². The second kappa shape index (κ2) is 5.65. The highest BCUT2D eigenvalue weighted by atomic mass is 15.1. The predicted molar refractivity (Wildman–Crippen MR) is 75.8 cm³/mol. The Morgan fingerprint density at radius 1 is 1.37 bits per heavy atom. The minimum atomic E-state index is -0.116. The fraction of sp³-hybridized carbons (Fsp3) is 0.0714. The van der Waals surface area contributed by atoms with Gasteiger partial charge in [-0.1, -0.05) is 6.07 Å². The van der Waals surface area contributed by atoms with Crippen LogP contribution in [0.15, 0.2) is 48.4 Å². The van der Waals surface area contributed by atoms with E-state index in [1.54, 1.807) is 19.3 Å². The first-order valence-corrected chi connectivity index (χ1v) is 5.73. The maximum atomic E-state index is 8.63. The SMILES string of the molecule is CN/C(=C/C(=N)C#N)Nc1cccc2ncccc12. The molecule has 0 unspecified atom stereocenters. The van der Waals surface area contributed by atoms with Crippen molar-refractivity contribution in [3.63, 3.8) is 0 Å². The Morgan fingerprint density at radius 2 is 2.21 bits per heavy atom. The van der Waals surface area contributed by atoms with E-state index in [0.29, 0.717) is 5.82 Å². The molecule has 0 atom stereocenters. The minimum Gasteiger partial charge on any atom is -0.375 e. The van der Waals surface area contributed by atoms with Crippen molar-refractivity contribution in [3.8, 4) is 6.07 Å². The number of hydrogen-bond acceptors (Lipinski definition) is 5. The molecule has 19 heavy (non-hydrogen) atoms. The fourth-order valence-corrected chi connectivity index (χ4v) is 1.70. The van der Waals surface area contributed by atoms with Crippen LogP contribution in [0.25, 0.3) is 10.9 Å². The third-order valence-corrected chi connectivity index (χ3v) is 2.59. The highest BCUT2D eigenvalue weighted by Crippen LogP contribution is 2.22. The lowest BCUT2D eigenvalue weighted by Crippen LogP contribution is -2.16. The number of nitrogens with zero attached hydrogens (tertiary/aromatic N) is 2. The minimum absolute atomic E-state index is 0.116. The Hall–Kier alpha value is -2.87. The van der Waals surface area contributed by atoms with Gasteiger partial charge < -0.3 is 10.6 Å². The van der Waals surface area contributed by atoms with Crippen LogP contribution in [0.3, 0.4) is 0 Å². The molecular formula is C14H13N5. The van der Waals surface area contributed by atoms with Crippen molar-refractivity contribution in [1.29, 1.82) is 10.7 Å². The summed E-state index contributed by atoms with van der Waals surface area (Å²) in [4.78, 5) is 4.28. The van der Waals surface area contributed by atoms with E-state index in [1.165, 1.54) is 6.08 Å². The molecule has 1 heterocycles. The standard InChI is InChI=1S/C14H13N5/c1-17-14(8-10(16)9-15)19-13-6-2-5-12-11(13)4-3-7-18-12/h2-8,16-17,19H,1H3/b14-8-,16-10?. The molecule has 0 amide bonds. The van der Waals surface area contributed by atoms with E-state index in [0.717, 1.165) is 16.6 Å². The molecule has 2 aromatic rings. The number of anilines is 1. The largest absolute Gasteiger partial charge is 0.375 e. The summed E-state index contributed by atoms with van der Waals surface area (Å²) >= 11 is 0. The molecule has 1 aromatic heterocycles. The zero-order valence-electron chi connectivity index (χ0n) is 10.4. The Kier molecular flexibility index (Phi) is 3.74. The summed E-state index contributed by atoms with van der Waals surface area (Å²) in [6.07, 6.45) is 3.18.